The van der Waals surface area contributed by atoms with Crippen molar-refractivity contribution in [2.75, 3.05) is 11.9 Å². The number of aryl methyl sites for hydroxylation is 1. The fourth-order valence-corrected chi connectivity index (χ4v) is 2.52. The van der Waals surface area contributed by atoms with Gasteiger partial charge in [0, 0.05) is 5.38 Å². The number of anilines is 1. The van der Waals surface area contributed by atoms with Crippen LogP contribution < -0.4 is 10.1 Å². The Morgan fingerprint density at radius 3 is 2.84 bits per heavy atom. The molecule has 19 heavy (non-hydrogen) atoms. The van der Waals surface area contributed by atoms with Crippen LogP contribution in [0.2, 0.25) is 0 Å². The molecular weight excluding hydrogens is 256 g/mol. The SMILES string of the molecule is CCCOc1ccccc1NC(C)c1csc(C)n1. The van der Waals surface area contributed by atoms with Gasteiger partial charge in [-0.2, -0.15) is 0 Å². The van der Waals surface area contributed by atoms with E-state index in [2.05, 4.69) is 29.5 Å². The average molecular weight is 276 g/mol. The van der Waals surface area contributed by atoms with Gasteiger partial charge < -0.3 is 10.1 Å². The highest BCUT2D eigenvalue weighted by Crippen LogP contribution is 2.28. The lowest BCUT2D eigenvalue weighted by atomic mass is 10.2. The van der Waals surface area contributed by atoms with Crippen molar-refractivity contribution >= 4 is 17.0 Å². The van der Waals surface area contributed by atoms with Gasteiger partial charge in [-0.3, -0.25) is 0 Å². The Morgan fingerprint density at radius 2 is 2.16 bits per heavy atom. The molecule has 2 aromatic rings. The molecule has 0 aliphatic rings. The smallest absolute Gasteiger partial charge is 0.142 e. The lowest BCUT2D eigenvalue weighted by Crippen LogP contribution is -2.08. The molecule has 0 saturated carbocycles. The first-order valence-electron chi connectivity index (χ1n) is 6.61. The van der Waals surface area contributed by atoms with Crippen LogP contribution in [-0.2, 0) is 0 Å². The molecule has 0 fully saturated rings. The molecule has 3 nitrogen and oxygen atoms in total. The minimum absolute atomic E-state index is 0.177. The molecular formula is C15H20N2OS. The lowest BCUT2D eigenvalue weighted by molar-refractivity contribution is 0.318. The molecule has 0 radical (unpaired) electrons. The van der Waals surface area contributed by atoms with E-state index in [1.54, 1.807) is 11.3 Å². The van der Waals surface area contributed by atoms with Crippen LogP contribution in [0.3, 0.4) is 0 Å². The van der Waals surface area contributed by atoms with Crippen molar-refractivity contribution in [1.82, 2.24) is 4.98 Å². The molecule has 2 rings (SSSR count). The highest BCUT2D eigenvalue weighted by atomic mass is 32.1. The Labute approximate surface area is 118 Å². The lowest BCUT2D eigenvalue weighted by Gasteiger charge is -2.16. The van der Waals surface area contributed by atoms with Gasteiger partial charge in [0.15, 0.2) is 0 Å². The molecule has 102 valence electrons. The van der Waals surface area contributed by atoms with Crippen LogP contribution >= 0.6 is 11.3 Å². The monoisotopic (exact) mass is 276 g/mol. The molecule has 1 N–H and O–H groups in total. The molecule has 4 heteroatoms. The number of nitrogens with zero attached hydrogens (tertiary/aromatic N) is 1. The van der Waals surface area contributed by atoms with E-state index in [-0.39, 0.29) is 6.04 Å². The van der Waals surface area contributed by atoms with Gasteiger partial charge in [-0.25, -0.2) is 4.98 Å². The molecule has 0 spiro atoms. The number of benzene rings is 1. The zero-order valence-corrected chi connectivity index (χ0v) is 12.5. The van der Waals surface area contributed by atoms with E-state index in [1.165, 1.54) is 0 Å². The summed E-state index contributed by atoms with van der Waals surface area (Å²) < 4.78 is 5.75. The van der Waals surface area contributed by atoms with Crippen molar-refractivity contribution in [3.63, 3.8) is 0 Å². The van der Waals surface area contributed by atoms with Gasteiger partial charge in [0.25, 0.3) is 0 Å². The van der Waals surface area contributed by atoms with Crippen LogP contribution in [0.5, 0.6) is 5.75 Å². The quantitative estimate of drug-likeness (QED) is 0.848. The van der Waals surface area contributed by atoms with Gasteiger partial charge in [0.05, 0.1) is 29.0 Å². The minimum atomic E-state index is 0.177. The number of hydrogen-bond acceptors (Lipinski definition) is 4. The number of aromatic nitrogens is 1. The summed E-state index contributed by atoms with van der Waals surface area (Å²) in [6, 6.07) is 8.22. The van der Waals surface area contributed by atoms with Gasteiger partial charge in [0.1, 0.15) is 5.75 Å². The van der Waals surface area contributed by atoms with Crippen molar-refractivity contribution < 1.29 is 4.74 Å². The standard InChI is InChI=1S/C15H20N2OS/c1-4-9-18-15-8-6-5-7-13(15)16-11(2)14-10-19-12(3)17-14/h5-8,10-11,16H,4,9H2,1-3H3. The Kier molecular flexibility index (Phi) is 4.80. The number of para-hydroxylation sites is 2. The third kappa shape index (κ3) is 3.70. The summed E-state index contributed by atoms with van der Waals surface area (Å²) in [6.07, 6.45) is 1.01. The van der Waals surface area contributed by atoms with E-state index in [0.717, 1.165) is 35.2 Å². The molecule has 0 aliphatic carbocycles. The molecule has 0 bridgehead atoms. The fourth-order valence-electron chi connectivity index (χ4n) is 1.81. The van der Waals surface area contributed by atoms with Crippen molar-refractivity contribution in [3.05, 3.63) is 40.3 Å². The normalized spacial score (nSPS) is 12.2. The number of rotatable bonds is 6. The number of thiazole rings is 1. The Hall–Kier alpha value is -1.55. The maximum Gasteiger partial charge on any atom is 0.142 e. The molecule has 0 aliphatic heterocycles. The fraction of sp³-hybridized carbons (Fsp3) is 0.400. The second-order valence-corrected chi connectivity index (χ2v) is 5.56. The Balaban J connectivity index is 2.09. The molecule has 1 unspecified atom stereocenters. The second-order valence-electron chi connectivity index (χ2n) is 4.50. The first-order chi connectivity index (χ1) is 9.20. The third-order valence-corrected chi connectivity index (χ3v) is 3.59. The Bertz CT molecular complexity index is 524. The summed E-state index contributed by atoms with van der Waals surface area (Å²) in [4.78, 5) is 4.51. The van der Waals surface area contributed by atoms with Gasteiger partial charge in [-0.15, -0.1) is 11.3 Å². The molecule has 1 heterocycles. The van der Waals surface area contributed by atoms with E-state index in [0.29, 0.717) is 0 Å². The summed E-state index contributed by atoms with van der Waals surface area (Å²) in [7, 11) is 0. The highest BCUT2D eigenvalue weighted by molar-refractivity contribution is 7.09. The molecule has 1 aromatic carbocycles. The molecule has 1 aromatic heterocycles. The summed E-state index contributed by atoms with van der Waals surface area (Å²) in [5, 5.41) is 6.66. The number of ether oxygens (including phenoxy) is 1. The van der Waals surface area contributed by atoms with E-state index in [1.807, 2.05) is 31.2 Å². The molecule has 0 amide bonds. The van der Waals surface area contributed by atoms with Gasteiger partial charge in [-0.1, -0.05) is 19.1 Å². The third-order valence-electron chi connectivity index (χ3n) is 2.80. The first kappa shape index (κ1) is 13.9. The number of hydrogen-bond donors (Lipinski definition) is 1. The Morgan fingerprint density at radius 1 is 1.37 bits per heavy atom. The summed E-state index contributed by atoms with van der Waals surface area (Å²) >= 11 is 1.68. The zero-order chi connectivity index (χ0) is 13.7. The van der Waals surface area contributed by atoms with Crippen molar-refractivity contribution in [3.8, 4) is 5.75 Å². The van der Waals surface area contributed by atoms with Crippen LogP contribution in [0.25, 0.3) is 0 Å². The number of nitrogens with one attached hydrogen (secondary N) is 1. The highest BCUT2D eigenvalue weighted by Gasteiger charge is 2.11. The summed E-state index contributed by atoms with van der Waals surface area (Å²) in [6.45, 7) is 6.99. The van der Waals surface area contributed by atoms with E-state index >= 15 is 0 Å². The van der Waals surface area contributed by atoms with Crippen LogP contribution in [0.1, 0.15) is 37.0 Å². The largest absolute Gasteiger partial charge is 0.491 e. The predicted octanol–water partition coefficient (Wildman–Crippen LogP) is 4.41. The summed E-state index contributed by atoms with van der Waals surface area (Å²) in [5.74, 6) is 0.906. The minimum Gasteiger partial charge on any atom is -0.491 e. The van der Waals surface area contributed by atoms with E-state index in [9.17, 15) is 0 Å². The molecule has 0 saturated heterocycles. The van der Waals surface area contributed by atoms with Crippen molar-refractivity contribution in [2.24, 2.45) is 0 Å². The van der Waals surface area contributed by atoms with E-state index in [4.69, 9.17) is 4.74 Å². The maximum atomic E-state index is 5.75. The van der Waals surface area contributed by atoms with Crippen LogP contribution in [0, 0.1) is 6.92 Å². The van der Waals surface area contributed by atoms with Crippen LogP contribution in [0.15, 0.2) is 29.6 Å². The van der Waals surface area contributed by atoms with Crippen LogP contribution in [-0.4, -0.2) is 11.6 Å². The van der Waals surface area contributed by atoms with Crippen molar-refractivity contribution in [1.29, 1.82) is 0 Å². The van der Waals surface area contributed by atoms with E-state index < -0.39 is 0 Å². The van der Waals surface area contributed by atoms with Crippen molar-refractivity contribution in [2.45, 2.75) is 33.2 Å². The van der Waals surface area contributed by atoms with Gasteiger partial charge >= 0.3 is 0 Å². The van der Waals surface area contributed by atoms with Gasteiger partial charge in [0.2, 0.25) is 0 Å². The average Bonchev–Trinajstić information content (AvgIpc) is 2.84. The molecule has 1 atom stereocenters. The topological polar surface area (TPSA) is 34.1 Å². The second kappa shape index (κ2) is 6.57. The van der Waals surface area contributed by atoms with Gasteiger partial charge in [-0.05, 0) is 32.4 Å². The summed E-state index contributed by atoms with van der Waals surface area (Å²) in [5.41, 5.74) is 2.10. The van der Waals surface area contributed by atoms with Crippen LogP contribution in [0.4, 0.5) is 5.69 Å². The zero-order valence-electron chi connectivity index (χ0n) is 11.6. The first-order valence-corrected chi connectivity index (χ1v) is 7.49. The predicted molar refractivity (Wildman–Crippen MR) is 81.1 cm³/mol. The maximum absolute atomic E-state index is 5.75.